The highest BCUT2D eigenvalue weighted by Gasteiger charge is 2.41. The predicted molar refractivity (Wildman–Crippen MR) is 71.5 cm³/mol. The molecule has 0 aromatic rings. The molecule has 1 heterocycles. The van der Waals surface area contributed by atoms with Gasteiger partial charge in [-0.15, -0.1) is 11.8 Å². The summed E-state index contributed by atoms with van der Waals surface area (Å²) in [7, 11) is -1.04. The van der Waals surface area contributed by atoms with E-state index >= 15 is 0 Å². The lowest BCUT2D eigenvalue weighted by atomic mass is 10.2. The molecule has 1 fully saturated rings. The third-order valence-corrected chi connectivity index (χ3v) is 5.92. The van der Waals surface area contributed by atoms with Gasteiger partial charge in [-0.3, -0.25) is 4.21 Å². The van der Waals surface area contributed by atoms with Gasteiger partial charge in [0, 0.05) is 16.6 Å². The summed E-state index contributed by atoms with van der Waals surface area (Å²) < 4.78 is 22.6. The van der Waals surface area contributed by atoms with E-state index in [0.29, 0.717) is 12.4 Å². The topological polar surface area (TPSA) is 55.8 Å². The third-order valence-electron chi connectivity index (χ3n) is 2.56. The van der Waals surface area contributed by atoms with E-state index in [1.807, 2.05) is 27.7 Å². The first kappa shape index (κ1) is 15.4. The van der Waals surface area contributed by atoms with Gasteiger partial charge in [0.05, 0.1) is 6.61 Å². The Balaban J connectivity index is 2.65. The van der Waals surface area contributed by atoms with Gasteiger partial charge in [0.2, 0.25) is 0 Å². The van der Waals surface area contributed by atoms with E-state index in [1.54, 1.807) is 0 Å². The van der Waals surface area contributed by atoms with Crippen LogP contribution in [0.15, 0.2) is 0 Å². The van der Waals surface area contributed by atoms with Gasteiger partial charge in [-0.25, -0.2) is 0 Å². The zero-order chi connectivity index (χ0) is 13.1. The molecule has 1 saturated heterocycles. The van der Waals surface area contributed by atoms with Crippen molar-refractivity contribution in [2.45, 2.75) is 50.3 Å². The van der Waals surface area contributed by atoms with Crippen molar-refractivity contribution in [2.75, 3.05) is 18.1 Å². The quantitative estimate of drug-likeness (QED) is 0.797. The van der Waals surface area contributed by atoms with Crippen molar-refractivity contribution >= 4 is 22.6 Å². The number of aliphatic hydroxyl groups is 1. The Kier molecular flexibility index (Phi) is 5.92. The molecule has 0 saturated carbocycles. The third kappa shape index (κ3) is 4.21. The molecule has 4 atom stereocenters. The number of aliphatic hydroxyl groups excluding tert-OH is 1. The molecule has 1 rings (SSSR count). The molecule has 102 valence electrons. The molecule has 0 radical (unpaired) electrons. The zero-order valence-corrected chi connectivity index (χ0v) is 12.5. The van der Waals surface area contributed by atoms with Gasteiger partial charge in [0.25, 0.3) is 0 Å². The average molecular weight is 282 g/mol. The summed E-state index contributed by atoms with van der Waals surface area (Å²) in [6.07, 6.45) is -1.13. The second-order valence-corrected chi connectivity index (χ2v) is 7.91. The highest BCUT2D eigenvalue weighted by molar-refractivity contribution is 8.11. The van der Waals surface area contributed by atoms with E-state index in [-0.39, 0.29) is 10.7 Å². The van der Waals surface area contributed by atoms with Crippen molar-refractivity contribution in [3.63, 3.8) is 0 Å². The number of ether oxygens (including phenoxy) is 2. The fourth-order valence-electron chi connectivity index (χ4n) is 1.72. The largest absolute Gasteiger partial charge is 0.388 e. The Hall–Kier alpha value is 0.380. The van der Waals surface area contributed by atoms with Crippen LogP contribution in [-0.2, 0) is 20.3 Å². The van der Waals surface area contributed by atoms with E-state index in [1.165, 1.54) is 11.8 Å². The molecule has 6 heteroatoms. The molecule has 4 unspecified atom stereocenters. The standard InChI is InChI=1S/C11H22O4S2/c1-5-16-10(17(13)6-2)9(12)8-7-14-11(3,4)15-8/h8-10,12H,5-7H2,1-4H3. The van der Waals surface area contributed by atoms with Crippen LogP contribution in [-0.4, -0.2) is 50.0 Å². The van der Waals surface area contributed by atoms with Gasteiger partial charge in [-0.2, -0.15) is 0 Å². The van der Waals surface area contributed by atoms with Crippen molar-refractivity contribution < 1.29 is 18.8 Å². The molecule has 1 aliphatic rings. The maximum Gasteiger partial charge on any atom is 0.163 e. The summed E-state index contributed by atoms with van der Waals surface area (Å²) in [6, 6.07) is 0. The molecular formula is C11H22O4S2. The average Bonchev–Trinajstić information content (AvgIpc) is 2.64. The smallest absolute Gasteiger partial charge is 0.163 e. The van der Waals surface area contributed by atoms with Crippen molar-refractivity contribution in [3.8, 4) is 0 Å². The van der Waals surface area contributed by atoms with Crippen molar-refractivity contribution in [2.24, 2.45) is 0 Å². The molecule has 0 aromatic heterocycles. The molecule has 0 aliphatic carbocycles. The van der Waals surface area contributed by atoms with E-state index < -0.39 is 22.7 Å². The summed E-state index contributed by atoms with van der Waals surface area (Å²) in [6.45, 7) is 7.85. The van der Waals surface area contributed by atoms with Crippen LogP contribution in [0.5, 0.6) is 0 Å². The zero-order valence-electron chi connectivity index (χ0n) is 10.8. The monoisotopic (exact) mass is 282 g/mol. The number of hydrogen-bond acceptors (Lipinski definition) is 5. The molecule has 17 heavy (non-hydrogen) atoms. The van der Waals surface area contributed by atoms with Gasteiger partial charge >= 0.3 is 0 Å². The second-order valence-electron chi connectivity index (χ2n) is 4.35. The normalized spacial score (nSPS) is 28.9. The Labute approximate surface area is 110 Å². The Morgan fingerprint density at radius 1 is 1.53 bits per heavy atom. The van der Waals surface area contributed by atoms with Crippen LogP contribution in [0, 0.1) is 0 Å². The number of rotatable bonds is 6. The van der Waals surface area contributed by atoms with E-state index in [4.69, 9.17) is 9.47 Å². The van der Waals surface area contributed by atoms with Crippen LogP contribution in [0.1, 0.15) is 27.7 Å². The van der Waals surface area contributed by atoms with Gasteiger partial charge in [-0.1, -0.05) is 13.8 Å². The summed E-state index contributed by atoms with van der Waals surface area (Å²) in [5.41, 5.74) is 0. The molecule has 0 bridgehead atoms. The lowest BCUT2D eigenvalue weighted by Crippen LogP contribution is -2.41. The first-order valence-corrected chi connectivity index (χ1v) is 8.33. The van der Waals surface area contributed by atoms with Gasteiger partial charge in [0.15, 0.2) is 5.79 Å². The van der Waals surface area contributed by atoms with Gasteiger partial charge in [0.1, 0.15) is 16.8 Å². The minimum atomic E-state index is -1.04. The lowest BCUT2D eigenvalue weighted by molar-refractivity contribution is -0.149. The molecule has 1 N–H and O–H groups in total. The first-order chi connectivity index (χ1) is 7.91. The Morgan fingerprint density at radius 2 is 2.18 bits per heavy atom. The number of thioether (sulfide) groups is 1. The van der Waals surface area contributed by atoms with Crippen molar-refractivity contribution in [3.05, 3.63) is 0 Å². The Morgan fingerprint density at radius 3 is 2.59 bits per heavy atom. The highest BCUT2D eigenvalue weighted by Crippen LogP contribution is 2.29. The highest BCUT2D eigenvalue weighted by atomic mass is 32.2. The fraction of sp³-hybridized carbons (Fsp3) is 1.00. The molecule has 0 spiro atoms. The maximum absolute atomic E-state index is 11.9. The molecule has 0 amide bonds. The predicted octanol–water partition coefficient (Wildman–Crippen LogP) is 1.35. The van der Waals surface area contributed by atoms with E-state index in [0.717, 1.165) is 5.75 Å². The fourth-order valence-corrected chi connectivity index (χ4v) is 4.66. The second kappa shape index (κ2) is 6.52. The van der Waals surface area contributed by atoms with Crippen LogP contribution < -0.4 is 0 Å². The van der Waals surface area contributed by atoms with E-state index in [9.17, 15) is 9.32 Å². The molecular weight excluding hydrogens is 260 g/mol. The molecule has 4 nitrogen and oxygen atoms in total. The van der Waals surface area contributed by atoms with Crippen LogP contribution >= 0.6 is 11.8 Å². The molecule has 0 aromatic carbocycles. The van der Waals surface area contributed by atoms with Gasteiger partial charge in [-0.05, 0) is 19.6 Å². The SMILES string of the molecule is CCSC(C(O)C1COC(C)(C)O1)S(=O)CC. The lowest BCUT2D eigenvalue weighted by Gasteiger charge is -2.26. The summed E-state index contributed by atoms with van der Waals surface area (Å²) in [5, 5.41) is 10.3. The van der Waals surface area contributed by atoms with Crippen LogP contribution in [0.25, 0.3) is 0 Å². The van der Waals surface area contributed by atoms with E-state index in [2.05, 4.69) is 0 Å². The van der Waals surface area contributed by atoms with Gasteiger partial charge < -0.3 is 14.6 Å². The summed E-state index contributed by atoms with van der Waals surface area (Å²) in [4.78, 5) is 0. The van der Waals surface area contributed by atoms with Crippen LogP contribution in [0.2, 0.25) is 0 Å². The van der Waals surface area contributed by atoms with Crippen LogP contribution in [0.3, 0.4) is 0 Å². The summed E-state index contributed by atoms with van der Waals surface area (Å²) in [5.74, 6) is 0.719. The minimum Gasteiger partial charge on any atom is -0.388 e. The Bertz CT molecular complexity index is 270. The maximum atomic E-state index is 11.9. The van der Waals surface area contributed by atoms with Crippen LogP contribution in [0.4, 0.5) is 0 Å². The first-order valence-electron chi connectivity index (χ1n) is 5.90. The minimum absolute atomic E-state index is 0.299. The summed E-state index contributed by atoms with van der Waals surface area (Å²) >= 11 is 1.52. The van der Waals surface area contributed by atoms with Crippen molar-refractivity contribution in [1.82, 2.24) is 0 Å². The van der Waals surface area contributed by atoms with Crippen molar-refractivity contribution in [1.29, 1.82) is 0 Å². The number of hydrogen-bond donors (Lipinski definition) is 1. The molecule has 1 aliphatic heterocycles.